The van der Waals surface area contributed by atoms with E-state index >= 15 is 0 Å². The molecule has 0 aliphatic heterocycles. The number of rotatable bonds is 3. The Hall–Kier alpha value is -1.40. The third kappa shape index (κ3) is 3.28. The highest BCUT2D eigenvalue weighted by Gasteiger charge is 2.32. The number of halogens is 4. The van der Waals surface area contributed by atoms with Crippen molar-refractivity contribution in [3.63, 3.8) is 0 Å². The van der Waals surface area contributed by atoms with Crippen molar-refractivity contribution in [2.24, 2.45) is 0 Å². The molecule has 0 saturated carbocycles. The first-order valence-electron chi connectivity index (χ1n) is 4.67. The summed E-state index contributed by atoms with van der Waals surface area (Å²) in [6, 6.07) is 1.21. The van der Waals surface area contributed by atoms with E-state index in [4.69, 9.17) is 0 Å². The molecule has 0 spiro atoms. The fraction of sp³-hybridized carbons (Fsp3) is 0.273. The summed E-state index contributed by atoms with van der Waals surface area (Å²) in [5, 5.41) is 9.86. The van der Waals surface area contributed by atoms with Gasteiger partial charge in [0.1, 0.15) is 5.82 Å². The molecule has 0 bridgehead atoms. The van der Waals surface area contributed by atoms with E-state index < -0.39 is 23.6 Å². The average molecular weight is 249 g/mol. The highest BCUT2D eigenvalue weighted by molar-refractivity contribution is 5.30. The average Bonchev–Trinajstić information content (AvgIpc) is 2.15. The molecular formula is C11H11F4NO. The van der Waals surface area contributed by atoms with Gasteiger partial charge in [-0.1, -0.05) is 6.08 Å². The summed E-state index contributed by atoms with van der Waals surface area (Å²) in [5.74, 6) is -1.01. The van der Waals surface area contributed by atoms with Gasteiger partial charge in [-0.3, -0.25) is 0 Å². The number of nitrogens with zero attached hydrogens (tertiary/aromatic N) is 1. The highest BCUT2D eigenvalue weighted by Crippen LogP contribution is 2.32. The molecule has 0 saturated heterocycles. The van der Waals surface area contributed by atoms with Crippen LogP contribution in [0.4, 0.5) is 17.6 Å². The van der Waals surface area contributed by atoms with Crippen molar-refractivity contribution < 1.29 is 22.8 Å². The van der Waals surface area contributed by atoms with Gasteiger partial charge in [0.25, 0.3) is 0 Å². The number of hydrogen-bond acceptors (Lipinski definition) is 2. The fourth-order valence-electron chi connectivity index (χ4n) is 1.45. The largest absolute Gasteiger partial charge is 0.416 e. The number of hydrogen-bond donors (Lipinski definition) is 1. The van der Waals surface area contributed by atoms with Crippen LogP contribution in [0.5, 0.6) is 0 Å². The van der Waals surface area contributed by atoms with E-state index in [9.17, 15) is 22.8 Å². The summed E-state index contributed by atoms with van der Waals surface area (Å²) in [6.07, 6.45) is -3.41. The van der Waals surface area contributed by atoms with Crippen LogP contribution in [0.15, 0.2) is 30.9 Å². The third-order valence-electron chi connectivity index (χ3n) is 2.21. The molecule has 0 amide bonds. The first-order chi connectivity index (χ1) is 7.75. The van der Waals surface area contributed by atoms with E-state index in [0.29, 0.717) is 11.1 Å². The first-order valence-corrected chi connectivity index (χ1v) is 4.67. The van der Waals surface area contributed by atoms with Crippen LogP contribution in [-0.2, 0) is 6.18 Å². The lowest BCUT2D eigenvalue weighted by atomic mass is 10.0. The maximum atomic E-state index is 13.1. The maximum absolute atomic E-state index is 13.1. The van der Waals surface area contributed by atoms with E-state index in [1.807, 2.05) is 0 Å². The molecule has 94 valence electrons. The van der Waals surface area contributed by atoms with Crippen LogP contribution in [0.25, 0.3) is 0 Å². The Bertz CT molecular complexity index is 414. The predicted molar refractivity (Wildman–Crippen MR) is 53.9 cm³/mol. The van der Waals surface area contributed by atoms with E-state index in [2.05, 4.69) is 6.58 Å². The molecule has 0 radical (unpaired) electrons. The summed E-state index contributed by atoms with van der Waals surface area (Å²) < 4.78 is 50.4. The molecule has 1 atom stereocenters. The van der Waals surface area contributed by atoms with Crippen molar-refractivity contribution >= 4 is 0 Å². The number of likely N-dealkylation sites (N-methyl/N-ethyl adjacent to an activating group) is 1. The molecule has 1 aromatic rings. The molecule has 0 aliphatic rings. The SMILES string of the molecule is C=C[C@H](c1cc(F)cc(C(F)(F)F)c1)N(C)O. The van der Waals surface area contributed by atoms with Gasteiger partial charge in [0.05, 0.1) is 11.6 Å². The predicted octanol–water partition coefficient (Wildman–Crippen LogP) is 3.39. The van der Waals surface area contributed by atoms with Crippen molar-refractivity contribution in [3.8, 4) is 0 Å². The molecule has 1 N–H and O–H groups in total. The molecule has 17 heavy (non-hydrogen) atoms. The third-order valence-corrected chi connectivity index (χ3v) is 2.21. The Labute approximate surface area is 95.7 Å². The van der Waals surface area contributed by atoms with Crippen LogP contribution in [0, 0.1) is 5.82 Å². The molecule has 0 aromatic heterocycles. The molecular weight excluding hydrogens is 238 g/mol. The van der Waals surface area contributed by atoms with Crippen LogP contribution in [0.1, 0.15) is 17.2 Å². The van der Waals surface area contributed by atoms with Crippen molar-refractivity contribution in [3.05, 3.63) is 47.8 Å². The first kappa shape index (κ1) is 13.7. The van der Waals surface area contributed by atoms with Crippen molar-refractivity contribution in [1.82, 2.24) is 5.06 Å². The minimum Gasteiger partial charge on any atom is -0.313 e. The standard InChI is InChI=1S/C11H11F4NO/c1-3-10(16(2)17)7-4-8(11(13,14)15)6-9(12)5-7/h3-6,10,17H,1H2,2H3/t10-/m1/s1. The number of benzene rings is 1. The van der Waals surface area contributed by atoms with Crippen LogP contribution >= 0.6 is 0 Å². The van der Waals surface area contributed by atoms with Gasteiger partial charge >= 0.3 is 6.18 Å². The second-order valence-corrected chi connectivity index (χ2v) is 3.53. The zero-order valence-corrected chi connectivity index (χ0v) is 9.00. The van der Waals surface area contributed by atoms with Crippen molar-refractivity contribution in [2.45, 2.75) is 12.2 Å². The van der Waals surface area contributed by atoms with Crippen LogP contribution in [-0.4, -0.2) is 17.3 Å². The van der Waals surface area contributed by atoms with Crippen LogP contribution in [0.2, 0.25) is 0 Å². The van der Waals surface area contributed by atoms with Gasteiger partial charge in [0.2, 0.25) is 0 Å². The van der Waals surface area contributed by atoms with Gasteiger partial charge in [0.15, 0.2) is 0 Å². The molecule has 2 nitrogen and oxygen atoms in total. The Balaban J connectivity index is 3.26. The number of hydroxylamine groups is 2. The summed E-state index contributed by atoms with van der Waals surface area (Å²) in [5.41, 5.74) is -1.11. The molecule has 0 fully saturated rings. The zero-order valence-electron chi connectivity index (χ0n) is 9.00. The molecule has 0 aliphatic carbocycles. The van der Waals surface area contributed by atoms with Gasteiger partial charge in [0, 0.05) is 7.05 Å². The summed E-state index contributed by atoms with van der Waals surface area (Å²) >= 11 is 0. The van der Waals surface area contributed by atoms with Gasteiger partial charge in [-0.05, 0) is 23.8 Å². The van der Waals surface area contributed by atoms with E-state index in [1.165, 1.54) is 13.1 Å². The second kappa shape index (κ2) is 4.85. The Morgan fingerprint density at radius 3 is 2.35 bits per heavy atom. The summed E-state index contributed by atoms with van der Waals surface area (Å²) in [4.78, 5) is 0. The van der Waals surface area contributed by atoms with E-state index in [0.717, 1.165) is 12.1 Å². The van der Waals surface area contributed by atoms with Gasteiger partial charge in [-0.15, -0.1) is 6.58 Å². The van der Waals surface area contributed by atoms with Gasteiger partial charge in [-0.25, -0.2) is 4.39 Å². The topological polar surface area (TPSA) is 23.5 Å². The highest BCUT2D eigenvalue weighted by atomic mass is 19.4. The van der Waals surface area contributed by atoms with Gasteiger partial charge < -0.3 is 5.21 Å². The molecule has 0 unspecified atom stereocenters. The lowest BCUT2D eigenvalue weighted by Gasteiger charge is -2.20. The molecule has 1 rings (SSSR count). The maximum Gasteiger partial charge on any atom is 0.416 e. The quantitative estimate of drug-likeness (QED) is 0.504. The Kier molecular flexibility index (Phi) is 3.90. The fourth-order valence-corrected chi connectivity index (χ4v) is 1.45. The minimum atomic E-state index is -4.63. The molecule has 0 heterocycles. The van der Waals surface area contributed by atoms with Crippen molar-refractivity contribution in [1.29, 1.82) is 0 Å². The summed E-state index contributed by atoms with van der Waals surface area (Å²) in [6.45, 7) is 3.37. The lowest BCUT2D eigenvalue weighted by molar-refractivity contribution is -0.138. The second-order valence-electron chi connectivity index (χ2n) is 3.53. The normalized spacial score (nSPS) is 13.8. The molecule has 1 aromatic carbocycles. The van der Waals surface area contributed by atoms with E-state index in [1.54, 1.807) is 0 Å². The van der Waals surface area contributed by atoms with Crippen molar-refractivity contribution in [2.75, 3.05) is 7.05 Å². The van der Waals surface area contributed by atoms with Gasteiger partial charge in [-0.2, -0.15) is 18.2 Å². The zero-order chi connectivity index (χ0) is 13.2. The van der Waals surface area contributed by atoms with E-state index in [-0.39, 0.29) is 5.56 Å². The summed E-state index contributed by atoms with van der Waals surface area (Å²) in [7, 11) is 1.24. The monoisotopic (exact) mass is 249 g/mol. The lowest BCUT2D eigenvalue weighted by Crippen LogP contribution is -2.19. The van der Waals surface area contributed by atoms with Crippen LogP contribution in [0.3, 0.4) is 0 Å². The smallest absolute Gasteiger partial charge is 0.313 e. The Morgan fingerprint density at radius 2 is 1.94 bits per heavy atom. The molecule has 6 heteroatoms. The van der Waals surface area contributed by atoms with Crippen LogP contribution < -0.4 is 0 Å². The number of alkyl halides is 3. The Morgan fingerprint density at radius 1 is 1.35 bits per heavy atom. The minimum absolute atomic E-state index is 0.0164.